The SMILES string of the molecule is CCCNC(=O)c1ccccc1C1=C2C(=O)C3(CCCCC3)C1[N+]2=[N-]. The number of carbonyl (C=O) groups is 2. The molecule has 1 aromatic carbocycles. The minimum atomic E-state index is -0.481. The Hall–Kier alpha value is -2.30. The van der Waals surface area contributed by atoms with Gasteiger partial charge in [-0.25, -0.2) is 0 Å². The summed E-state index contributed by atoms with van der Waals surface area (Å²) in [6.45, 7) is 2.63. The van der Waals surface area contributed by atoms with Gasteiger partial charge in [-0.2, -0.15) is 0 Å². The first-order valence-electron chi connectivity index (χ1n) is 9.26. The molecule has 1 unspecified atom stereocenters. The fourth-order valence-corrected chi connectivity index (χ4v) is 4.74. The van der Waals surface area contributed by atoms with Gasteiger partial charge < -0.3 is 10.8 Å². The quantitative estimate of drug-likeness (QED) is 0.854. The molecule has 1 spiro atoms. The molecule has 130 valence electrons. The Morgan fingerprint density at radius 2 is 2.00 bits per heavy atom. The summed E-state index contributed by atoms with van der Waals surface area (Å²) < 4.78 is 1.16. The van der Waals surface area contributed by atoms with E-state index in [0.29, 0.717) is 17.8 Å². The van der Waals surface area contributed by atoms with Crippen LogP contribution < -0.4 is 5.32 Å². The van der Waals surface area contributed by atoms with Crippen molar-refractivity contribution in [1.82, 2.24) is 5.32 Å². The van der Waals surface area contributed by atoms with Crippen LogP contribution >= 0.6 is 0 Å². The van der Waals surface area contributed by atoms with E-state index in [4.69, 9.17) is 0 Å². The Morgan fingerprint density at radius 3 is 2.72 bits per heavy atom. The van der Waals surface area contributed by atoms with Crippen LogP contribution in [0.4, 0.5) is 0 Å². The molecule has 25 heavy (non-hydrogen) atoms. The van der Waals surface area contributed by atoms with E-state index in [9.17, 15) is 15.1 Å². The number of ketones is 1. The number of amides is 1. The van der Waals surface area contributed by atoms with E-state index >= 15 is 0 Å². The predicted octanol–water partition coefficient (Wildman–Crippen LogP) is 3.49. The first-order chi connectivity index (χ1) is 12.1. The molecule has 5 nitrogen and oxygen atoms in total. The van der Waals surface area contributed by atoms with E-state index in [-0.39, 0.29) is 17.7 Å². The number of nitrogens with one attached hydrogen (secondary N) is 1. The Morgan fingerprint density at radius 1 is 1.28 bits per heavy atom. The van der Waals surface area contributed by atoms with Gasteiger partial charge in [-0.15, -0.1) is 0 Å². The van der Waals surface area contributed by atoms with E-state index in [2.05, 4.69) is 5.32 Å². The lowest BCUT2D eigenvalue weighted by Crippen LogP contribution is -2.41. The highest BCUT2D eigenvalue weighted by atomic mass is 16.1. The van der Waals surface area contributed by atoms with Gasteiger partial charge in [-0.1, -0.05) is 44.4 Å². The van der Waals surface area contributed by atoms with Crippen molar-refractivity contribution in [2.45, 2.75) is 51.5 Å². The molecular weight excluding hydrogens is 314 g/mol. The largest absolute Gasteiger partial charge is 0.499 e. The lowest BCUT2D eigenvalue weighted by atomic mass is 9.68. The van der Waals surface area contributed by atoms with Crippen LogP contribution in [-0.4, -0.2) is 29.0 Å². The minimum absolute atomic E-state index is 0.0680. The Labute approximate surface area is 147 Å². The molecule has 1 amide bonds. The van der Waals surface area contributed by atoms with E-state index in [1.807, 2.05) is 25.1 Å². The summed E-state index contributed by atoms with van der Waals surface area (Å²) in [5, 5.41) is 2.91. The van der Waals surface area contributed by atoms with E-state index in [1.165, 1.54) is 0 Å². The number of benzene rings is 1. The minimum Gasteiger partial charge on any atom is -0.499 e. The van der Waals surface area contributed by atoms with Crippen molar-refractivity contribution in [2.75, 3.05) is 6.54 Å². The summed E-state index contributed by atoms with van der Waals surface area (Å²) in [5.74, 6) is -0.0510. The van der Waals surface area contributed by atoms with Crippen molar-refractivity contribution in [3.05, 3.63) is 46.6 Å². The smallest absolute Gasteiger partial charge is 0.251 e. The van der Waals surface area contributed by atoms with Crippen molar-refractivity contribution in [2.24, 2.45) is 5.41 Å². The topological polar surface area (TPSA) is 71.5 Å². The van der Waals surface area contributed by atoms with Gasteiger partial charge in [-0.05, 0) is 25.3 Å². The summed E-state index contributed by atoms with van der Waals surface area (Å²) >= 11 is 0. The lowest BCUT2D eigenvalue weighted by Gasteiger charge is -2.34. The third-order valence-corrected chi connectivity index (χ3v) is 5.94. The van der Waals surface area contributed by atoms with Gasteiger partial charge >= 0.3 is 0 Å². The molecule has 5 heteroatoms. The van der Waals surface area contributed by atoms with Crippen LogP contribution in [0.2, 0.25) is 0 Å². The number of allylic oxidation sites excluding steroid dienone is 1. The molecule has 2 heterocycles. The van der Waals surface area contributed by atoms with Crippen molar-refractivity contribution in [1.29, 1.82) is 0 Å². The van der Waals surface area contributed by atoms with Gasteiger partial charge in [0.15, 0.2) is 6.04 Å². The highest BCUT2D eigenvalue weighted by molar-refractivity contribution is 6.15. The van der Waals surface area contributed by atoms with Crippen LogP contribution in [0.3, 0.4) is 0 Å². The zero-order valence-electron chi connectivity index (χ0n) is 14.5. The number of rotatable bonds is 4. The van der Waals surface area contributed by atoms with Gasteiger partial charge in [0.2, 0.25) is 11.5 Å². The summed E-state index contributed by atoms with van der Waals surface area (Å²) in [6.07, 6.45) is 5.71. The summed E-state index contributed by atoms with van der Waals surface area (Å²) in [7, 11) is 0. The molecule has 0 aromatic heterocycles. The van der Waals surface area contributed by atoms with Crippen LogP contribution in [0.15, 0.2) is 30.0 Å². The summed E-state index contributed by atoms with van der Waals surface area (Å²) in [6, 6.07) is 7.12. The maximum Gasteiger partial charge on any atom is 0.251 e. The second-order valence-corrected chi connectivity index (χ2v) is 7.36. The van der Waals surface area contributed by atoms with Gasteiger partial charge in [0, 0.05) is 17.7 Å². The second kappa shape index (κ2) is 5.90. The fourth-order valence-electron chi connectivity index (χ4n) is 4.74. The van der Waals surface area contributed by atoms with Gasteiger partial charge in [0.1, 0.15) is 11.0 Å². The molecule has 5 rings (SSSR count). The first-order valence-corrected chi connectivity index (χ1v) is 9.26. The van der Waals surface area contributed by atoms with Crippen molar-refractivity contribution in [3.63, 3.8) is 0 Å². The molecule has 2 bridgehead atoms. The molecule has 1 aromatic rings. The standard InChI is InChI=1S/C20H23N3O2/c1-2-12-22-19(25)14-9-5-4-8-13(14)15-16-18(24)20(17(15)23(16)21)10-6-3-7-11-20/h4-5,8-9,17H,2-3,6-7,10-12H2,1H3,(H,22,25). The molecule has 1 saturated heterocycles. The number of hydrogen-bond donors (Lipinski definition) is 1. The van der Waals surface area contributed by atoms with E-state index in [0.717, 1.165) is 54.4 Å². The van der Waals surface area contributed by atoms with Gasteiger partial charge in [-0.3, -0.25) is 14.3 Å². The first kappa shape index (κ1) is 16.2. The lowest BCUT2D eigenvalue weighted by molar-refractivity contribution is -0.539. The third-order valence-electron chi connectivity index (χ3n) is 5.94. The fraction of sp³-hybridized carbons (Fsp3) is 0.500. The number of hydrogen-bond acceptors (Lipinski definition) is 2. The van der Waals surface area contributed by atoms with Crippen LogP contribution in [0, 0.1) is 5.41 Å². The summed E-state index contributed by atoms with van der Waals surface area (Å²) in [5.41, 5.74) is 12.5. The molecule has 2 fully saturated rings. The monoisotopic (exact) mass is 337 g/mol. The van der Waals surface area contributed by atoms with Crippen molar-refractivity contribution >= 4 is 17.3 Å². The molecule has 1 atom stereocenters. The molecule has 0 radical (unpaired) electrons. The Kier molecular flexibility index (Phi) is 3.82. The molecule has 1 saturated carbocycles. The van der Waals surface area contributed by atoms with Crippen LogP contribution in [-0.2, 0) is 4.79 Å². The number of nitrogens with zero attached hydrogens (tertiary/aromatic N) is 2. The normalized spacial score (nSPS) is 23.8. The second-order valence-electron chi connectivity index (χ2n) is 7.36. The summed E-state index contributed by atoms with van der Waals surface area (Å²) in [4.78, 5) is 25.5. The van der Waals surface area contributed by atoms with Crippen molar-refractivity contribution in [3.8, 4) is 0 Å². The van der Waals surface area contributed by atoms with Crippen LogP contribution in [0.5, 0.6) is 0 Å². The van der Waals surface area contributed by atoms with Gasteiger partial charge in [0.05, 0.1) is 0 Å². The van der Waals surface area contributed by atoms with Gasteiger partial charge in [0.25, 0.3) is 5.91 Å². The highest BCUT2D eigenvalue weighted by Crippen LogP contribution is 2.60. The van der Waals surface area contributed by atoms with E-state index < -0.39 is 5.41 Å². The van der Waals surface area contributed by atoms with Crippen LogP contribution in [0.1, 0.15) is 61.4 Å². The Bertz CT molecular complexity index is 803. The highest BCUT2D eigenvalue weighted by Gasteiger charge is 2.70. The zero-order chi connectivity index (χ0) is 17.6. The third kappa shape index (κ3) is 2.14. The van der Waals surface area contributed by atoms with E-state index in [1.54, 1.807) is 6.07 Å². The maximum atomic E-state index is 13.0. The Balaban J connectivity index is 1.75. The average Bonchev–Trinajstić information content (AvgIpc) is 3.00. The molecule has 1 N–H and O–H groups in total. The number of carbonyl (C=O) groups excluding carboxylic acids is 2. The van der Waals surface area contributed by atoms with Crippen molar-refractivity contribution < 1.29 is 14.3 Å². The zero-order valence-corrected chi connectivity index (χ0v) is 14.5. The molecule has 2 aliphatic carbocycles. The molecule has 4 aliphatic rings. The maximum absolute atomic E-state index is 13.0. The average molecular weight is 337 g/mol. The predicted molar refractivity (Wildman–Crippen MR) is 93.9 cm³/mol. The van der Waals surface area contributed by atoms with Crippen LogP contribution in [0.25, 0.3) is 11.1 Å². The number of Topliss-reactive ketones (excluding diaryl/α,β-unsaturated/α-hetero) is 1. The molecule has 2 aliphatic heterocycles. The molecular formula is C20H23N3O2.